The van der Waals surface area contributed by atoms with Gasteiger partial charge in [-0.3, -0.25) is 0 Å². The van der Waals surface area contributed by atoms with Gasteiger partial charge in [0.1, 0.15) is 23.2 Å². The maximum absolute atomic E-state index is 9.76. The normalized spacial score (nSPS) is 10.5. The van der Waals surface area contributed by atoms with Gasteiger partial charge in [0.2, 0.25) is 11.6 Å². The molecular formula is C20H11ClN6OS2. The molecule has 146 valence electrons. The number of benzene rings is 1. The number of halogens is 1. The van der Waals surface area contributed by atoms with Gasteiger partial charge in [-0.15, -0.1) is 11.3 Å². The van der Waals surface area contributed by atoms with Crippen LogP contribution in [0.5, 0.6) is 0 Å². The van der Waals surface area contributed by atoms with Crippen molar-refractivity contribution in [3.05, 3.63) is 69.1 Å². The molecule has 1 aromatic carbocycles. The zero-order valence-electron chi connectivity index (χ0n) is 15.2. The standard InChI is InChI=1S/C20H11ClN6OS2/c1-24-17-16(15-9-29-10-25-15)14(6-22)20(27-18(17)23)30-8-13-7-28-19(26-13)11-2-4-12(21)5-3-11/h2-5,7,9-10H,8H2,(H2,23,27). The fraction of sp³-hybridized carbons (Fsp3) is 0.0500. The molecular weight excluding hydrogens is 440 g/mol. The quantitative estimate of drug-likeness (QED) is 0.302. The lowest BCUT2D eigenvalue weighted by atomic mass is 10.1. The van der Waals surface area contributed by atoms with Crippen molar-refractivity contribution < 1.29 is 4.42 Å². The van der Waals surface area contributed by atoms with Crippen molar-refractivity contribution >= 4 is 46.2 Å². The number of thioether (sulfide) groups is 1. The number of hydrogen-bond acceptors (Lipinski definition) is 8. The molecule has 0 atom stereocenters. The number of hydrogen-bond donors (Lipinski definition) is 1. The first-order valence-corrected chi connectivity index (χ1v) is 10.7. The van der Waals surface area contributed by atoms with Gasteiger partial charge in [-0.1, -0.05) is 23.4 Å². The van der Waals surface area contributed by atoms with Gasteiger partial charge in [0, 0.05) is 27.3 Å². The van der Waals surface area contributed by atoms with E-state index < -0.39 is 0 Å². The number of thiazole rings is 1. The summed E-state index contributed by atoms with van der Waals surface area (Å²) in [4.78, 5) is 16.5. The average Bonchev–Trinajstić information content (AvgIpc) is 3.44. The average molecular weight is 451 g/mol. The molecule has 4 aromatic rings. The summed E-state index contributed by atoms with van der Waals surface area (Å²) in [6, 6.07) is 9.33. The van der Waals surface area contributed by atoms with E-state index in [1.807, 2.05) is 12.1 Å². The third-order valence-corrected chi connectivity index (χ3v) is 5.92. The number of anilines is 1. The molecule has 3 aromatic heterocycles. The van der Waals surface area contributed by atoms with Crippen LogP contribution >= 0.6 is 34.7 Å². The summed E-state index contributed by atoms with van der Waals surface area (Å²) in [5.74, 6) is 0.949. The first kappa shape index (κ1) is 19.9. The van der Waals surface area contributed by atoms with Gasteiger partial charge in [-0.05, 0) is 24.3 Å². The van der Waals surface area contributed by atoms with E-state index in [4.69, 9.17) is 28.3 Å². The molecule has 0 unspecified atom stereocenters. The van der Waals surface area contributed by atoms with E-state index in [0.717, 1.165) is 5.56 Å². The van der Waals surface area contributed by atoms with E-state index in [1.54, 1.807) is 29.3 Å². The SMILES string of the molecule is [C-]#[N+]c1c(N)nc(SCc2coc(-c3ccc(Cl)cc3)n2)c(C#N)c1-c1cscn1. The lowest BCUT2D eigenvalue weighted by Crippen LogP contribution is -1.99. The number of pyridine rings is 1. The molecule has 0 radical (unpaired) electrons. The van der Waals surface area contributed by atoms with E-state index in [1.165, 1.54) is 23.1 Å². The van der Waals surface area contributed by atoms with Crippen molar-refractivity contribution in [3.63, 3.8) is 0 Å². The van der Waals surface area contributed by atoms with E-state index in [2.05, 4.69) is 25.9 Å². The predicted octanol–water partition coefficient (Wildman–Crippen LogP) is 5.81. The van der Waals surface area contributed by atoms with Crippen molar-refractivity contribution in [1.29, 1.82) is 5.26 Å². The Morgan fingerprint density at radius 3 is 2.77 bits per heavy atom. The van der Waals surface area contributed by atoms with Gasteiger partial charge >= 0.3 is 0 Å². The molecule has 0 aliphatic rings. The first-order valence-electron chi connectivity index (χ1n) is 8.43. The highest BCUT2D eigenvalue weighted by Crippen LogP contribution is 2.41. The third-order valence-electron chi connectivity index (χ3n) is 4.08. The van der Waals surface area contributed by atoms with Crippen molar-refractivity contribution in [3.8, 4) is 28.8 Å². The van der Waals surface area contributed by atoms with Gasteiger partial charge in [0.15, 0.2) is 0 Å². The number of nitrogens with two attached hydrogens (primary N) is 1. The number of nitrogens with zero attached hydrogens (tertiary/aromatic N) is 5. The van der Waals surface area contributed by atoms with Crippen molar-refractivity contribution in [2.45, 2.75) is 10.8 Å². The van der Waals surface area contributed by atoms with Gasteiger partial charge in [0.25, 0.3) is 0 Å². The number of aromatic nitrogens is 3. The van der Waals surface area contributed by atoms with Crippen LogP contribution in [0.4, 0.5) is 11.5 Å². The van der Waals surface area contributed by atoms with Gasteiger partial charge in [0.05, 0.1) is 29.0 Å². The molecule has 0 amide bonds. The minimum Gasteiger partial charge on any atom is -0.444 e. The maximum atomic E-state index is 9.76. The first-order chi connectivity index (χ1) is 14.6. The Labute approximate surface area is 185 Å². The monoisotopic (exact) mass is 450 g/mol. The minimum absolute atomic E-state index is 0.0662. The Morgan fingerprint density at radius 1 is 1.30 bits per heavy atom. The van der Waals surface area contributed by atoms with Crippen LogP contribution in [0.25, 0.3) is 27.6 Å². The second-order valence-electron chi connectivity index (χ2n) is 5.94. The summed E-state index contributed by atoms with van der Waals surface area (Å²) in [7, 11) is 0. The van der Waals surface area contributed by atoms with E-state index >= 15 is 0 Å². The Balaban J connectivity index is 1.64. The Kier molecular flexibility index (Phi) is 5.68. The van der Waals surface area contributed by atoms with Crippen LogP contribution in [0.15, 0.2) is 50.9 Å². The molecule has 4 rings (SSSR count). The zero-order valence-corrected chi connectivity index (χ0v) is 17.6. The predicted molar refractivity (Wildman–Crippen MR) is 117 cm³/mol. The number of nitrogen functional groups attached to an aromatic ring is 1. The topological polar surface area (TPSA) is 106 Å². The van der Waals surface area contributed by atoms with Crippen molar-refractivity contribution in [1.82, 2.24) is 15.0 Å². The number of rotatable bonds is 5. The van der Waals surface area contributed by atoms with Crippen LogP contribution in [-0.2, 0) is 5.75 Å². The van der Waals surface area contributed by atoms with Crippen LogP contribution in [0.3, 0.4) is 0 Å². The van der Waals surface area contributed by atoms with Gasteiger partial charge in [-0.25, -0.2) is 19.8 Å². The molecule has 0 spiro atoms. The van der Waals surface area contributed by atoms with E-state index in [0.29, 0.717) is 38.6 Å². The van der Waals surface area contributed by atoms with Gasteiger partial charge in [-0.2, -0.15) is 5.26 Å². The van der Waals surface area contributed by atoms with E-state index in [-0.39, 0.29) is 17.1 Å². The summed E-state index contributed by atoms with van der Waals surface area (Å²) < 4.78 is 5.55. The minimum atomic E-state index is 0.0662. The molecule has 2 N–H and O–H groups in total. The lowest BCUT2D eigenvalue weighted by molar-refractivity contribution is 0.573. The number of oxazole rings is 1. The Hall–Kier alpha value is -3.37. The molecule has 0 fully saturated rings. The summed E-state index contributed by atoms with van der Waals surface area (Å²) in [6.07, 6.45) is 1.56. The smallest absolute Gasteiger partial charge is 0.238 e. The molecule has 10 heteroatoms. The molecule has 30 heavy (non-hydrogen) atoms. The largest absolute Gasteiger partial charge is 0.444 e. The molecule has 0 aliphatic heterocycles. The van der Waals surface area contributed by atoms with Crippen LogP contribution in [0.1, 0.15) is 11.3 Å². The third kappa shape index (κ3) is 3.87. The highest BCUT2D eigenvalue weighted by atomic mass is 35.5. The fourth-order valence-corrected chi connectivity index (χ4v) is 4.26. The summed E-state index contributed by atoms with van der Waals surface area (Å²) in [5, 5.41) is 12.6. The molecule has 3 heterocycles. The highest BCUT2D eigenvalue weighted by molar-refractivity contribution is 7.98. The van der Waals surface area contributed by atoms with Crippen LogP contribution in [-0.4, -0.2) is 15.0 Å². The Bertz CT molecular complexity index is 1290. The lowest BCUT2D eigenvalue weighted by Gasteiger charge is -2.10. The van der Waals surface area contributed by atoms with Crippen LogP contribution in [0.2, 0.25) is 5.02 Å². The Morgan fingerprint density at radius 2 is 2.10 bits per heavy atom. The molecule has 7 nitrogen and oxygen atoms in total. The van der Waals surface area contributed by atoms with E-state index in [9.17, 15) is 5.26 Å². The van der Waals surface area contributed by atoms with Crippen molar-refractivity contribution in [2.75, 3.05) is 5.73 Å². The summed E-state index contributed by atoms with van der Waals surface area (Å²) in [6.45, 7) is 7.44. The second kappa shape index (κ2) is 8.56. The summed E-state index contributed by atoms with van der Waals surface area (Å²) >= 11 is 8.58. The highest BCUT2D eigenvalue weighted by Gasteiger charge is 2.22. The zero-order chi connectivity index (χ0) is 21.1. The molecule has 0 aliphatic carbocycles. The maximum Gasteiger partial charge on any atom is 0.238 e. The van der Waals surface area contributed by atoms with Crippen molar-refractivity contribution in [2.24, 2.45) is 0 Å². The molecule has 0 saturated carbocycles. The molecule has 0 saturated heterocycles. The fourth-order valence-electron chi connectivity index (χ4n) is 2.72. The second-order valence-corrected chi connectivity index (χ2v) is 8.06. The molecule has 0 bridgehead atoms. The van der Waals surface area contributed by atoms with Crippen LogP contribution in [0, 0.1) is 17.9 Å². The number of nitriles is 1. The van der Waals surface area contributed by atoms with Gasteiger partial charge < -0.3 is 10.2 Å². The summed E-state index contributed by atoms with van der Waals surface area (Å²) in [5.41, 5.74) is 10.5. The van der Waals surface area contributed by atoms with Crippen LogP contribution < -0.4 is 5.73 Å².